The molecule has 1 amide bonds. The van der Waals surface area contributed by atoms with Crippen LogP contribution in [0.2, 0.25) is 0 Å². The zero-order valence-electron chi connectivity index (χ0n) is 8.73. The van der Waals surface area contributed by atoms with Gasteiger partial charge < -0.3 is 10.2 Å². The van der Waals surface area contributed by atoms with E-state index in [1.807, 2.05) is 17.0 Å². The van der Waals surface area contributed by atoms with Crippen molar-refractivity contribution in [2.45, 2.75) is 25.4 Å². The van der Waals surface area contributed by atoms with Crippen LogP contribution in [0.25, 0.3) is 0 Å². The molecular formula is C12H14N2O. The SMILES string of the molecule is Cc1cccc(N2C(=O)C3CC2CN3)c1. The minimum absolute atomic E-state index is 0.0653. The Bertz CT molecular complexity index is 416. The molecule has 2 saturated heterocycles. The van der Waals surface area contributed by atoms with Crippen LogP contribution in [-0.2, 0) is 4.79 Å². The van der Waals surface area contributed by atoms with Crippen molar-refractivity contribution in [3.8, 4) is 0 Å². The van der Waals surface area contributed by atoms with Crippen LogP contribution in [0, 0.1) is 6.92 Å². The summed E-state index contributed by atoms with van der Waals surface area (Å²) in [4.78, 5) is 13.9. The fourth-order valence-corrected chi connectivity index (χ4v) is 2.57. The van der Waals surface area contributed by atoms with Crippen molar-refractivity contribution in [3.05, 3.63) is 29.8 Å². The summed E-state index contributed by atoms with van der Waals surface area (Å²) in [6.07, 6.45) is 0.965. The topological polar surface area (TPSA) is 32.3 Å². The molecule has 2 unspecified atom stereocenters. The van der Waals surface area contributed by atoms with E-state index in [1.54, 1.807) is 0 Å². The Balaban J connectivity index is 1.98. The number of nitrogens with one attached hydrogen (secondary N) is 1. The first-order valence-electron chi connectivity index (χ1n) is 5.39. The van der Waals surface area contributed by atoms with Crippen molar-refractivity contribution >= 4 is 11.6 Å². The quantitative estimate of drug-likeness (QED) is 0.739. The van der Waals surface area contributed by atoms with Crippen LogP contribution >= 0.6 is 0 Å². The van der Waals surface area contributed by atoms with Crippen molar-refractivity contribution in [1.29, 1.82) is 0 Å². The van der Waals surface area contributed by atoms with E-state index in [9.17, 15) is 4.79 Å². The lowest BCUT2D eigenvalue weighted by atomic mass is 10.2. The number of rotatable bonds is 1. The fourth-order valence-electron chi connectivity index (χ4n) is 2.57. The Kier molecular flexibility index (Phi) is 1.83. The Morgan fingerprint density at radius 1 is 1.47 bits per heavy atom. The zero-order chi connectivity index (χ0) is 10.4. The molecule has 3 heteroatoms. The molecule has 2 aliphatic rings. The highest BCUT2D eigenvalue weighted by molar-refractivity contribution is 6.01. The van der Waals surface area contributed by atoms with E-state index in [1.165, 1.54) is 5.56 Å². The summed E-state index contributed by atoms with van der Waals surface area (Å²) in [6, 6.07) is 8.60. The zero-order valence-corrected chi connectivity index (χ0v) is 8.73. The van der Waals surface area contributed by atoms with Crippen LogP contribution in [0.5, 0.6) is 0 Å². The van der Waals surface area contributed by atoms with Crippen LogP contribution in [0.4, 0.5) is 5.69 Å². The van der Waals surface area contributed by atoms with Gasteiger partial charge in [0.15, 0.2) is 0 Å². The molecule has 0 spiro atoms. The highest BCUT2D eigenvalue weighted by Crippen LogP contribution is 2.30. The molecule has 0 aromatic heterocycles. The van der Waals surface area contributed by atoms with Gasteiger partial charge in [0.25, 0.3) is 0 Å². The van der Waals surface area contributed by atoms with Crippen LogP contribution in [-0.4, -0.2) is 24.5 Å². The Hall–Kier alpha value is -1.35. The Morgan fingerprint density at radius 2 is 2.33 bits per heavy atom. The van der Waals surface area contributed by atoms with Gasteiger partial charge in [-0.3, -0.25) is 4.79 Å². The molecule has 78 valence electrons. The maximum Gasteiger partial charge on any atom is 0.244 e. The second-order valence-corrected chi connectivity index (χ2v) is 4.40. The lowest BCUT2D eigenvalue weighted by Crippen LogP contribution is -2.48. The molecule has 2 fully saturated rings. The lowest BCUT2D eigenvalue weighted by molar-refractivity contribution is -0.119. The number of carbonyl (C=O) groups is 1. The van der Waals surface area contributed by atoms with Gasteiger partial charge >= 0.3 is 0 Å². The van der Waals surface area contributed by atoms with Crippen LogP contribution in [0.15, 0.2) is 24.3 Å². The molecule has 3 rings (SSSR count). The summed E-state index contributed by atoms with van der Waals surface area (Å²) in [7, 11) is 0. The number of hydrogen-bond donors (Lipinski definition) is 1. The first kappa shape index (κ1) is 8.92. The molecule has 3 nitrogen and oxygen atoms in total. The van der Waals surface area contributed by atoms with Gasteiger partial charge in [0.2, 0.25) is 5.91 Å². The van der Waals surface area contributed by atoms with Gasteiger partial charge in [-0.05, 0) is 31.0 Å². The van der Waals surface area contributed by atoms with E-state index in [0.717, 1.165) is 18.7 Å². The second kappa shape index (κ2) is 3.07. The molecule has 2 aliphatic heterocycles. The van der Waals surface area contributed by atoms with Gasteiger partial charge in [0, 0.05) is 12.2 Å². The number of nitrogens with zero attached hydrogens (tertiary/aromatic N) is 1. The lowest BCUT2D eigenvalue weighted by Gasteiger charge is -2.27. The molecule has 15 heavy (non-hydrogen) atoms. The number of benzene rings is 1. The van der Waals surface area contributed by atoms with E-state index in [0.29, 0.717) is 6.04 Å². The summed E-state index contributed by atoms with van der Waals surface area (Å²) in [6.45, 7) is 2.99. The third-order valence-electron chi connectivity index (χ3n) is 3.29. The molecule has 0 aliphatic carbocycles. The number of amides is 1. The number of carbonyl (C=O) groups excluding carboxylic acids is 1. The average molecular weight is 202 g/mol. The van der Waals surface area contributed by atoms with E-state index >= 15 is 0 Å². The predicted octanol–water partition coefficient (Wildman–Crippen LogP) is 1.07. The fraction of sp³-hybridized carbons (Fsp3) is 0.417. The molecular weight excluding hydrogens is 188 g/mol. The molecule has 2 heterocycles. The van der Waals surface area contributed by atoms with E-state index < -0.39 is 0 Å². The van der Waals surface area contributed by atoms with Crippen molar-refractivity contribution in [3.63, 3.8) is 0 Å². The normalized spacial score (nSPS) is 28.9. The third kappa shape index (κ3) is 1.27. The second-order valence-electron chi connectivity index (χ2n) is 4.40. The van der Waals surface area contributed by atoms with Gasteiger partial charge in [0.1, 0.15) is 0 Å². The minimum atomic E-state index is 0.0653. The number of anilines is 1. The number of aryl methyl sites for hydroxylation is 1. The van der Waals surface area contributed by atoms with Gasteiger partial charge in [-0.25, -0.2) is 0 Å². The average Bonchev–Trinajstić information content (AvgIpc) is 2.77. The summed E-state index contributed by atoms with van der Waals surface area (Å²) in [5.74, 6) is 0.233. The minimum Gasteiger partial charge on any atom is -0.307 e. The number of hydrogen-bond acceptors (Lipinski definition) is 2. The first-order valence-corrected chi connectivity index (χ1v) is 5.39. The Labute approximate surface area is 89.1 Å². The molecule has 0 radical (unpaired) electrons. The smallest absolute Gasteiger partial charge is 0.244 e. The largest absolute Gasteiger partial charge is 0.307 e. The third-order valence-corrected chi connectivity index (χ3v) is 3.29. The monoisotopic (exact) mass is 202 g/mol. The van der Waals surface area contributed by atoms with Gasteiger partial charge in [0.05, 0.1) is 12.1 Å². The summed E-state index contributed by atoms with van der Waals surface area (Å²) in [5, 5.41) is 3.23. The molecule has 1 aromatic carbocycles. The standard InChI is InChI=1S/C12H14N2O/c1-8-3-2-4-9(5-8)14-10-6-11(12(14)15)13-7-10/h2-5,10-11,13H,6-7H2,1H3. The first-order chi connectivity index (χ1) is 7.25. The van der Waals surface area contributed by atoms with Gasteiger partial charge in [-0.2, -0.15) is 0 Å². The van der Waals surface area contributed by atoms with Crippen LogP contribution in [0.3, 0.4) is 0 Å². The molecule has 2 bridgehead atoms. The molecule has 2 atom stereocenters. The van der Waals surface area contributed by atoms with Crippen molar-refractivity contribution in [1.82, 2.24) is 5.32 Å². The van der Waals surface area contributed by atoms with Crippen LogP contribution in [0.1, 0.15) is 12.0 Å². The predicted molar refractivity (Wildman–Crippen MR) is 58.9 cm³/mol. The van der Waals surface area contributed by atoms with E-state index in [2.05, 4.69) is 24.4 Å². The summed E-state index contributed by atoms with van der Waals surface area (Å²) >= 11 is 0. The summed E-state index contributed by atoms with van der Waals surface area (Å²) in [5.41, 5.74) is 2.25. The van der Waals surface area contributed by atoms with Gasteiger partial charge in [-0.15, -0.1) is 0 Å². The van der Waals surface area contributed by atoms with Crippen LogP contribution < -0.4 is 10.2 Å². The molecule has 1 aromatic rings. The summed E-state index contributed by atoms with van der Waals surface area (Å²) < 4.78 is 0. The maximum absolute atomic E-state index is 11.9. The number of fused-ring (bicyclic) bond motifs is 2. The van der Waals surface area contributed by atoms with Crippen molar-refractivity contribution in [2.75, 3.05) is 11.4 Å². The van der Waals surface area contributed by atoms with Crippen molar-refractivity contribution in [2.24, 2.45) is 0 Å². The number of piperazine rings is 1. The van der Waals surface area contributed by atoms with E-state index in [-0.39, 0.29) is 11.9 Å². The maximum atomic E-state index is 11.9. The van der Waals surface area contributed by atoms with Crippen molar-refractivity contribution < 1.29 is 4.79 Å². The molecule has 1 N–H and O–H groups in total. The highest BCUT2D eigenvalue weighted by atomic mass is 16.2. The van der Waals surface area contributed by atoms with Gasteiger partial charge in [-0.1, -0.05) is 12.1 Å². The highest BCUT2D eigenvalue weighted by Gasteiger charge is 2.45. The Morgan fingerprint density at radius 3 is 3.00 bits per heavy atom. The van der Waals surface area contributed by atoms with E-state index in [4.69, 9.17) is 0 Å². The molecule has 0 saturated carbocycles.